The SMILES string of the molecule is C=C(C)COCCNCc1c(O)cccc1Cl. The predicted octanol–water partition coefficient (Wildman–Crippen LogP) is 2.73. The molecule has 0 unspecified atom stereocenters. The van der Waals surface area contributed by atoms with Crippen LogP contribution in [-0.2, 0) is 11.3 Å². The first-order chi connectivity index (χ1) is 8.11. The Labute approximate surface area is 107 Å². The lowest BCUT2D eigenvalue weighted by Gasteiger charge is -2.09. The maximum atomic E-state index is 9.60. The summed E-state index contributed by atoms with van der Waals surface area (Å²) in [6.45, 7) is 8.10. The molecule has 1 aromatic rings. The van der Waals surface area contributed by atoms with Gasteiger partial charge in [0.2, 0.25) is 0 Å². The molecular weight excluding hydrogens is 238 g/mol. The van der Waals surface area contributed by atoms with Crippen molar-refractivity contribution < 1.29 is 9.84 Å². The second-order valence-electron chi connectivity index (χ2n) is 3.92. The molecule has 0 amide bonds. The Kier molecular flexibility index (Phi) is 6.05. The van der Waals surface area contributed by atoms with Crippen LogP contribution in [0.1, 0.15) is 12.5 Å². The summed E-state index contributed by atoms with van der Waals surface area (Å²) in [6.07, 6.45) is 0. The van der Waals surface area contributed by atoms with E-state index in [1.54, 1.807) is 18.2 Å². The Morgan fingerprint density at radius 2 is 2.29 bits per heavy atom. The molecule has 0 fully saturated rings. The summed E-state index contributed by atoms with van der Waals surface area (Å²) in [7, 11) is 0. The number of ether oxygens (including phenoxy) is 1. The number of rotatable bonds is 7. The minimum atomic E-state index is 0.216. The fourth-order valence-corrected chi connectivity index (χ4v) is 1.56. The lowest BCUT2D eigenvalue weighted by Crippen LogP contribution is -2.19. The molecule has 17 heavy (non-hydrogen) atoms. The van der Waals surface area contributed by atoms with E-state index in [-0.39, 0.29) is 5.75 Å². The quantitative estimate of drug-likeness (QED) is 0.582. The summed E-state index contributed by atoms with van der Waals surface area (Å²) in [4.78, 5) is 0. The Morgan fingerprint density at radius 1 is 1.53 bits per heavy atom. The highest BCUT2D eigenvalue weighted by Gasteiger charge is 2.04. The van der Waals surface area contributed by atoms with Crippen LogP contribution in [0, 0.1) is 0 Å². The smallest absolute Gasteiger partial charge is 0.121 e. The first kappa shape index (κ1) is 14.0. The second kappa shape index (κ2) is 7.33. The van der Waals surface area contributed by atoms with E-state index in [4.69, 9.17) is 16.3 Å². The summed E-state index contributed by atoms with van der Waals surface area (Å²) in [5, 5.41) is 13.3. The van der Waals surface area contributed by atoms with Gasteiger partial charge in [-0.15, -0.1) is 0 Å². The van der Waals surface area contributed by atoms with Crippen LogP contribution >= 0.6 is 11.6 Å². The van der Waals surface area contributed by atoms with Gasteiger partial charge in [-0.05, 0) is 19.1 Å². The van der Waals surface area contributed by atoms with Crippen molar-refractivity contribution in [1.29, 1.82) is 0 Å². The number of benzene rings is 1. The Balaban J connectivity index is 2.24. The van der Waals surface area contributed by atoms with E-state index in [0.717, 1.165) is 5.57 Å². The minimum Gasteiger partial charge on any atom is -0.508 e. The lowest BCUT2D eigenvalue weighted by atomic mass is 10.2. The van der Waals surface area contributed by atoms with Gasteiger partial charge in [-0.3, -0.25) is 0 Å². The molecule has 1 rings (SSSR count). The van der Waals surface area contributed by atoms with Crippen LogP contribution in [0.3, 0.4) is 0 Å². The van der Waals surface area contributed by atoms with Gasteiger partial charge in [0.15, 0.2) is 0 Å². The number of hydrogen-bond donors (Lipinski definition) is 2. The van der Waals surface area contributed by atoms with Gasteiger partial charge >= 0.3 is 0 Å². The average Bonchev–Trinajstić information content (AvgIpc) is 2.26. The third kappa shape index (κ3) is 5.22. The Morgan fingerprint density at radius 3 is 2.94 bits per heavy atom. The van der Waals surface area contributed by atoms with E-state index in [2.05, 4.69) is 11.9 Å². The topological polar surface area (TPSA) is 41.5 Å². The van der Waals surface area contributed by atoms with Crippen molar-refractivity contribution in [2.24, 2.45) is 0 Å². The summed E-state index contributed by atoms with van der Waals surface area (Å²) in [5.41, 5.74) is 1.72. The molecule has 0 saturated carbocycles. The molecule has 0 atom stereocenters. The van der Waals surface area contributed by atoms with E-state index in [9.17, 15) is 5.11 Å². The highest BCUT2D eigenvalue weighted by molar-refractivity contribution is 6.31. The molecule has 2 N–H and O–H groups in total. The molecular formula is C13H18ClNO2. The van der Waals surface area contributed by atoms with E-state index in [1.165, 1.54) is 0 Å². The van der Waals surface area contributed by atoms with E-state index < -0.39 is 0 Å². The third-order valence-corrected chi connectivity index (χ3v) is 2.52. The van der Waals surface area contributed by atoms with Gasteiger partial charge in [-0.2, -0.15) is 0 Å². The number of nitrogens with one attached hydrogen (secondary N) is 1. The second-order valence-corrected chi connectivity index (χ2v) is 4.33. The summed E-state index contributed by atoms with van der Waals surface area (Å²) in [6, 6.07) is 5.10. The molecule has 94 valence electrons. The zero-order valence-electron chi connectivity index (χ0n) is 10.0. The van der Waals surface area contributed by atoms with E-state index in [0.29, 0.717) is 36.9 Å². The Bertz CT molecular complexity index is 359. The van der Waals surface area contributed by atoms with Gasteiger partial charge in [0.05, 0.1) is 13.2 Å². The fraction of sp³-hybridized carbons (Fsp3) is 0.385. The van der Waals surface area contributed by atoms with Gasteiger partial charge in [-0.25, -0.2) is 0 Å². The zero-order valence-corrected chi connectivity index (χ0v) is 10.8. The number of phenolic OH excluding ortho intramolecular Hbond substituents is 1. The average molecular weight is 256 g/mol. The van der Waals surface area contributed by atoms with Crippen molar-refractivity contribution in [3.05, 3.63) is 40.9 Å². The normalized spacial score (nSPS) is 10.5. The number of hydrogen-bond acceptors (Lipinski definition) is 3. The van der Waals surface area contributed by atoms with Crippen molar-refractivity contribution in [3.8, 4) is 5.75 Å². The van der Waals surface area contributed by atoms with Crippen molar-refractivity contribution >= 4 is 11.6 Å². The van der Waals surface area contributed by atoms with Crippen molar-refractivity contribution in [3.63, 3.8) is 0 Å². The number of phenols is 1. The van der Waals surface area contributed by atoms with Crippen LogP contribution in [0.15, 0.2) is 30.4 Å². The van der Waals surface area contributed by atoms with Gasteiger partial charge in [0.25, 0.3) is 0 Å². The molecule has 0 aromatic heterocycles. The van der Waals surface area contributed by atoms with Crippen molar-refractivity contribution in [1.82, 2.24) is 5.32 Å². The number of halogens is 1. The summed E-state index contributed by atoms with van der Waals surface area (Å²) >= 11 is 5.97. The zero-order chi connectivity index (χ0) is 12.7. The highest BCUT2D eigenvalue weighted by atomic mass is 35.5. The first-order valence-electron chi connectivity index (χ1n) is 5.50. The molecule has 1 aromatic carbocycles. The summed E-state index contributed by atoms with van der Waals surface area (Å²) < 4.78 is 5.34. The molecule has 0 aliphatic carbocycles. The molecule has 0 aliphatic rings. The molecule has 0 heterocycles. The number of aromatic hydroxyl groups is 1. The van der Waals surface area contributed by atoms with Crippen LogP contribution in [0.5, 0.6) is 5.75 Å². The van der Waals surface area contributed by atoms with Crippen LogP contribution in [-0.4, -0.2) is 24.9 Å². The molecule has 0 bridgehead atoms. The lowest BCUT2D eigenvalue weighted by molar-refractivity contribution is 0.157. The van der Waals surface area contributed by atoms with Gasteiger partial charge in [-0.1, -0.05) is 29.8 Å². The van der Waals surface area contributed by atoms with Crippen molar-refractivity contribution in [2.75, 3.05) is 19.8 Å². The molecule has 0 radical (unpaired) electrons. The first-order valence-corrected chi connectivity index (χ1v) is 5.88. The van der Waals surface area contributed by atoms with Crippen LogP contribution in [0.4, 0.5) is 0 Å². The third-order valence-electron chi connectivity index (χ3n) is 2.17. The van der Waals surface area contributed by atoms with Gasteiger partial charge < -0.3 is 15.2 Å². The highest BCUT2D eigenvalue weighted by Crippen LogP contribution is 2.24. The molecule has 3 nitrogen and oxygen atoms in total. The van der Waals surface area contributed by atoms with Crippen LogP contribution < -0.4 is 5.32 Å². The van der Waals surface area contributed by atoms with Crippen LogP contribution in [0.25, 0.3) is 0 Å². The fourth-order valence-electron chi connectivity index (χ4n) is 1.33. The molecule has 0 saturated heterocycles. The maximum absolute atomic E-state index is 9.60. The largest absolute Gasteiger partial charge is 0.508 e. The standard InChI is InChI=1S/C13H18ClNO2/c1-10(2)9-17-7-6-15-8-11-12(14)4-3-5-13(11)16/h3-5,15-16H,1,6-9H2,2H3. The monoisotopic (exact) mass is 255 g/mol. The summed E-state index contributed by atoms with van der Waals surface area (Å²) in [5.74, 6) is 0.216. The minimum absolute atomic E-state index is 0.216. The molecule has 0 spiro atoms. The van der Waals surface area contributed by atoms with Gasteiger partial charge in [0, 0.05) is 23.7 Å². The van der Waals surface area contributed by atoms with Crippen LogP contribution in [0.2, 0.25) is 5.02 Å². The van der Waals surface area contributed by atoms with Gasteiger partial charge in [0.1, 0.15) is 5.75 Å². The molecule has 0 aliphatic heterocycles. The van der Waals surface area contributed by atoms with Crippen molar-refractivity contribution in [2.45, 2.75) is 13.5 Å². The predicted molar refractivity (Wildman–Crippen MR) is 70.5 cm³/mol. The molecule has 4 heteroatoms. The maximum Gasteiger partial charge on any atom is 0.121 e. The van der Waals surface area contributed by atoms with E-state index in [1.807, 2.05) is 6.92 Å². The van der Waals surface area contributed by atoms with E-state index >= 15 is 0 Å². The Hall–Kier alpha value is -1.03.